The fraction of sp³-hybridized carbons (Fsp3) is 0.357. The number of carbonyl (C=O) groups is 3. The van der Waals surface area contributed by atoms with Crippen molar-refractivity contribution in [3.63, 3.8) is 0 Å². The number of anilines is 1. The summed E-state index contributed by atoms with van der Waals surface area (Å²) in [5, 5.41) is 10.9. The van der Waals surface area contributed by atoms with E-state index in [2.05, 4.69) is 0 Å². The van der Waals surface area contributed by atoms with Gasteiger partial charge >= 0.3 is 5.97 Å². The fourth-order valence-corrected chi connectivity index (χ4v) is 1.92. The van der Waals surface area contributed by atoms with Crippen LogP contribution < -0.4 is 9.64 Å². The average Bonchev–Trinajstić information content (AvgIpc) is 2.54. The lowest BCUT2D eigenvalue weighted by atomic mass is 10.2. The Morgan fingerprint density at radius 2 is 2.12 bits per heavy atom. The van der Waals surface area contributed by atoms with Crippen molar-refractivity contribution in [3.05, 3.63) is 28.3 Å². The monoisotopic (exact) mass is 337 g/mol. The van der Waals surface area contributed by atoms with Crippen molar-refractivity contribution in [2.45, 2.75) is 0 Å². The summed E-state index contributed by atoms with van der Waals surface area (Å²) in [7, 11) is 3.02. The van der Waals surface area contributed by atoms with Crippen LogP contribution in [0.3, 0.4) is 0 Å². The molecule has 0 radical (unpaired) electrons. The Labute approximate surface area is 136 Å². The van der Waals surface area contributed by atoms with Gasteiger partial charge in [-0.25, -0.2) is 0 Å². The van der Waals surface area contributed by atoms with Crippen molar-refractivity contribution < 1.29 is 28.8 Å². The summed E-state index contributed by atoms with van der Waals surface area (Å²) in [6.07, 6.45) is 0. The zero-order valence-electron chi connectivity index (χ0n) is 13.1. The van der Waals surface area contributed by atoms with Crippen LogP contribution in [-0.4, -0.2) is 61.5 Å². The molecule has 2 rings (SSSR count). The van der Waals surface area contributed by atoms with Crippen LogP contribution in [0.2, 0.25) is 0 Å². The lowest BCUT2D eigenvalue weighted by Crippen LogP contribution is -2.43. The van der Waals surface area contributed by atoms with Crippen LogP contribution in [0.5, 0.6) is 5.75 Å². The van der Waals surface area contributed by atoms with Gasteiger partial charge in [0.15, 0.2) is 13.2 Å². The van der Waals surface area contributed by atoms with E-state index in [1.165, 1.54) is 31.1 Å². The van der Waals surface area contributed by atoms with E-state index in [1.54, 1.807) is 0 Å². The molecule has 1 aromatic rings. The third-order valence-corrected chi connectivity index (χ3v) is 3.24. The van der Waals surface area contributed by atoms with Gasteiger partial charge in [-0.05, 0) is 6.07 Å². The molecule has 0 aliphatic carbocycles. The van der Waals surface area contributed by atoms with Crippen molar-refractivity contribution in [2.24, 2.45) is 0 Å². The largest absolute Gasteiger partial charge is 0.482 e. The number of nitro benzene ring substituents is 1. The number of nitro groups is 1. The molecule has 10 nitrogen and oxygen atoms in total. The highest BCUT2D eigenvalue weighted by Gasteiger charge is 2.29. The van der Waals surface area contributed by atoms with Crippen LogP contribution in [0.4, 0.5) is 11.4 Å². The summed E-state index contributed by atoms with van der Waals surface area (Å²) in [5.74, 6) is -1.51. The Morgan fingerprint density at radius 3 is 2.75 bits per heavy atom. The van der Waals surface area contributed by atoms with E-state index in [-0.39, 0.29) is 23.7 Å². The third-order valence-electron chi connectivity index (χ3n) is 3.24. The molecule has 0 fully saturated rings. The number of likely N-dealkylation sites (N-methyl/N-ethyl adjacent to an activating group) is 1. The van der Waals surface area contributed by atoms with Gasteiger partial charge in [-0.3, -0.25) is 29.4 Å². The van der Waals surface area contributed by atoms with E-state index < -0.39 is 35.9 Å². The van der Waals surface area contributed by atoms with E-state index in [0.717, 1.165) is 11.0 Å². The van der Waals surface area contributed by atoms with Crippen LogP contribution in [0.1, 0.15) is 0 Å². The molecule has 0 unspecified atom stereocenters. The molecule has 1 aliphatic rings. The Balaban J connectivity index is 2.14. The molecule has 1 aromatic carbocycles. The number of esters is 1. The molecule has 0 N–H and O–H groups in total. The number of carbonyl (C=O) groups excluding carboxylic acids is 3. The number of rotatable bonds is 5. The summed E-state index contributed by atoms with van der Waals surface area (Å²) in [5.41, 5.74) is -0.135. The zero-order valence-corrected chi connectivity index (χ0v) is 13.1. The maximum absolute atomic E-state index is 12.0. The van der Waals surface area contributed by atoms with Crippen molar-refractivity contribution in [2.75, 3.05) is 38.8 Å². The van der Waals surface area contributed by atoms with Crippen LogP contribution in [0, 0.1) is 10.1 Å². The predicted molar refractivity (Wildman–Crippen MR) is 80.6 cm³/mol. The van der Waals surface area contributed by atoms with Gasteiger partial charge in [0.2, 0.25) is 0 Å². The zero-order chi connectivity index (χ0) is 17.9. The molecule has 128 valence electrons. The molecule has 24 heavy (non-hydrogen) atoms. The third kappa shape index (κ3) is 3.77. The van der Waals surface area contributed by atoms with Crippen molar-refractivity contribution >= 4 is 29.2 Å². The number of non-ortho nitro benzene ring substituents is 1. The number of hydrogen-bond acceptors (Lipinski definition) is 7. The SMILES string of the molecule is CN(C)C(=O)COC(=O)CN1C(=O)COc2ccc([N+](=O)[O-])cc21. The first-order chi connectivity index (χ1) is 11.3. The maximum atomic E-state index is 12.0. The number of ether oxygens (including phenoxy) is 2. The molecular formula is C14H15N3O7. The lowest BCUT2D eigenvalue weighted by Gasteiger charge is -2.28. The number of nitrogens with zero attached hydrogens (tertiary/aromatic N) is 3. The molecule has 0 saturated carbocycles. The van der Waals surface area contributed by atoms with Crippen LogP contribution >= 0.6 is 0 Å². The predicted octanol–water partition coefficient (Wildman–Crippen LogP) is -0.0484. The summed E-state index contributed by atoms with van der Waals surface area (Å²) in [6, 6.07) is 3.74. The summed E-state index contributed by atoms with van der Waals surface area (Å²) >= 11 is 0. The number of amides is 2. The highest BCUT2D eigenvalue weighted by Crippen LogP contribution is 2.35. The normalized spacial score (nSPS) is 12.9. The molecule has 0 saturated heterocycles. The van der Waals surface area contributed by atoms with Crippen molar-refractivity contribution in [1.82, 2.24) is 4.90 Å². The number of benzene rings is 1. The topological polar surface area (TPSA) is 119 Å². The molecule has 1 aliphatic heterocycles. The first-order valence-corrected chi connectivity index (χ1v) is 6.87. The highest BCUT2D eigenvalue weighted by atomic mass is 16.6. The minimum Gasteiger partial charge on any atom is -0.482 e. The van der Waals surface area contributed by atoms with Gasteiger partial charge in [-0.2, -0.15) is 0 Å². The Hall–Kier alpha value is -3.17. The molecule has 0 aromatic heterocycles. The Bertz CT molecular complexity index is 702. The van der Waals surface area contributed by atoms with E-state index in [4.69, 9.17) is 9.47 Å². The van der Waals surface area contributed by atoms with Gasteiger partial charge in [-0.15, -0.1) is 0 Å². The number of hydrogen-bond donors (Lipinski definition) is 0. The standard InChI is InChI=1S/C14H15N3O7/c1-15(2)12(18)7-24-14(20)6-16-10-5-9(17(21)22)3-4-11(10)23-8-13(16)19/h3-5H,6-8H2,1-2H3. The molecule has 10 heteroatoms. The second-order valence-electron chi connectivity index (χ2n) is 5.13. The second kappa shape index (κ2) is 6.94. The van der Waals surface area contributed by atoms with Gasteiger partial charge in [0.1, 0.15) is 12.3 Å². The highest BCUT2D eigenvalue weighted by molar-refractivity contribution is 6.01. The van der Waals surface area contributed by atoms with Crippen LogP contribution in [-0.2, 0) is 19.1 Å². The Kier molecular flexibility index (Phi) is 4.97. The molecule has 2 amide bonds. The molecule has 1 heterocycles. The van der Waals surface area contributed by atoms with Gasteiger partial charge in [0, 0.05) is 26.2 Å². The molecular weight excluding hydrogens is 322 g/mol. The average molecular weight is 337 g/mol. The maximum Gasteiger partial charge on any atom is 0.326 e. The number of fused-ring (bicyclic) bond motifs is 1. The Morgan fingerprint density at radius 1 is 1.42 bits per heavy atom. The van der Waals surface area contributed by atoms with Gasteiger partial charge in [0.05, 0.1) is 10.6 Å². The smallest absolute Gasteiger partial charge is 0.326 e. The van der Waals surface area contributed by atoms with Crippen LogP contribution in [0.15, 0.2) is 18.2 Å². The quantitative estimate of drug-likeness (QED) is 0.420. The fourth-order valence-electron chi connectivity index (χ4n) is 1.92. The summed E-state index contributed by atoms with van der Waals surface area (Å²) in [4.78, 5) is 47.8. The molecule has 0 atom stereocenters. The van der Waals surface area contributed by atoms with E-state index in [0.29, 0.717) is 0 Å². The van der Waals surface area contributed by atoms with Crippen molar-refractivity contribution in [1.29, 1.82) is 0 Å². The summed E-state index contributed by atoms with van der Waals surface area (Å²) < 4.78 is 10.00. The van der Waals surface area contributed by atoms with E-state index in [1.807, 2.05) is 0 Å². The minimum atomic E-state index is -0.807. The molecule has 0 spiro atoms. The van der Waals surface area contributed by atoms with E-state index in [9.17, 15) is 24.5 Å². The second-order valence-corrected chi connectivity index (χ2v) is 5.13. The van der Waals surface area contributed by atoms with Gasteiger partial charge < -0.3 is 14.4 Å². The van der Waals surface area contributed by atoms with Gasteiger partial charge in [-0.1, -0.05) is 0 Å². The van der Waals surface area contributed by atoms with Crippen molar-refractivity contribution in [3.8, 4) is 5.75 Å². The lowest BCUT2D eigenvalue weighted by molar-refractivity contribution is -0.384. The summed E-state index contributed by atoms with van der Waals surface area (Å²) in [6.45, 7) is -1.22. The van der Waals surface area contributed by atoms with Crippen LogP contribution in [0.25, 0.3) is 0 Å². The van der Waals surface area contributed by atoms with E-state index >= 15 is 0 Å². The van der Waals surface area contributed by atoms with Gasteiger partial charge in [0.25, 0.3) is 17.5 Å². The molecule has 0 bridgehead atoms. The minimum absolute atomic E-state index is 0.108. The first kappa shape index (κ1) is 17.2. The first-order valence-electron chi connectivity index (χ1n) is 6.87.